The second kappa shape index (κ2) is 8.21. The van der Waals surface area contributed by atoms with Crippen LogP contribution in [0.1, 0.15) is 17.2 Å². The number of primary amides is 1. The van der Waals surface area contributed by atoms with E-state index < -0.39 is 23.8 Å². The van der Waals surface area contributed by atoms with Gasteiger partial charge in [0, 0.05) is 6.54 Å². The van der Waals surface area contributed by atoms with Crippen molar-refractivity contribution in [2.24, 2.45) is 11.7 Å². The molecule has 2 aromatic rings. The summed E-state index contributed by atoms with van der Waals surface area (Å²) < 4.78 is 12.9. The summed E-state index contributed by atoms with van der Waals surface area (Å²) in [5, 5.41) is 12.5. The summed E-state index contributed by atoms with van der Waals surface area (Å²) in [5.74, 6) is -2.20. The Bertz CT molecular complexity index is 689. The number of benzene rings is 2. The van der Waals surface area contributed by atoms with Crippen LogP contribution in [0.15, 0.2) is 54.6 Å². The molecule has 0 fully saturated rings. The first-order valence-electron chi connectivity index (χ1n) is 7.52. The van der Waals surface area contributed by atoms with Crippen molar-refractivity contribution in [3.8, 4) is 0 Å². The monoisotopic (exact) mass is 330 g/mol. The summed E-state index contributed by atoms with van der Waals surface area (Å²) in [6.07, 6.45) is -1.04. The Kier molecular flexibility index (Phi) is 6.03. The van der Waals surface area contributed by atoms with Crippen LogP contribution in [0.3, 0.4) is 0 Å². The van der Waals surface area contributed by atoms with E-state index in [9.17, 15) is 19.1 Å². The lowest BCUT2D eigenvalue weighted by molar-refractivity contribution is -0.130. The molecule has 0 bridgehead atoms. The minimum absolute atomic E-state index is 0.00453. The molecule has 126 valence electrons. The fraction of sp³-hybridized carbons (Fsp3) is 0.222. The number of aliphatic hydroxyl groups excluding tert-OH is 1. The number of rotatable bonds is 7. The molecule has 2 rings (SSSR count). The Hall–Kier alpha value is -2.73. The zero-order chi connectivity index (χ0) is 17.5. The smallest absolute Gasteiger partial charge is 0.253 e. The molecule has 0 spiro atoms. The van der Waals surface area contributed by atoms with E-state index in [0.717, 1.165) is 5.56 Å². The van der Waals surface area contributed by atoms with Crippen molar-refractivity contribution in [1.29, 1.82) is 0 Å². The van der Waals surface area contributed by atoms with Gasteiger partial charge in [0.25, 0.3) is 5.91 Å². The molecule has 0 saturated heterocycles. The van der Waals surface area contributed by atoms with Crippen LogP contribution in [0.2, 0.25) is 0 Å². The average molecular weight is 330 g/mol. The standard InChI is InChI=1S/C18H19FN2O3/c19-15-8-6-12(7-9-15)10-14(17(20)23)11-21-18(24)16(22)13-4-2-1-3-5-13/h1-9,14,16,22H,10-11H2,(H2,20,23)(H,21,24). The Labute approximate surface area is 139 Å². The maximum absolute atomic E-state index is 12.9. The second-order valence-electron chi connectivity index (χ2n) is 5.49. The highest BCUT2D eigenvalue weighted by molar-refractivity contribution is 5.83. The molecule has 4 N–H and O–H groups in total. The van der Waals surface area contributed by atoms with E-state index in [2.05, 4.69) is 5.32 Å². The van der Waals surface area contributed by atoms with Gasteiger partial charge in [-0.05, 0) is 29.7 Å². The van der Waals surface area contributed by atoms with Gasteiger partial charge in [0.05, 0.1) is 5.92 Å². The predicted octanol–water partition coefficient (Wildman–Crippen LogP) is 1.32. The number of nitrogens with two attached hydrogens (primary N) is 1. The van der Waals surface area contributed by atoms with Gasteiger partial charge in [-0.2, -0.15) is 0 Å². The third-order valence-electron chi connectivity index (χ3n) is 3.68. The third kappa shape index (κ3) is 4.89. The van der Waals surface area contributed by atoms with E-state index in [1.54, 1.807) is 42.5 Å². The third-order valence-corrected chi connectivity index (χ3v) is 3.68. The van der Waals surface area contributed by atoms with Gasteiger partial charge in [0.1, 0.15) is 5.82 Å². The number of hydrogen-bond acceptors (Lipinski definition) is 3. The first-order valence-corrected chi connectivity index (χ1v) is 7.52. The van der Waals surface area contributed by atoms with E-state index in [0.29, 0.717) is 5.56 Å². The van der Waals surface area contributed by atoms with Gasteiger partial charge in [-0.1, -0.05) is 42.5 Å². The number of halogens is 1. The molecule has 0 heterocycles. The molecule has 0 aliphatic heterocycles. The highest BCUT2D eigenvalue weighted by Crippen LogP contribution is 2.13. The molecule has 24 heavy (non-hydrogen) atoms. The van der Waals surface area contributed by atoms with Crippen molar-refractivity contribution in [3.63, 3.8) is 0 Å². The van der Waals surface area contributed by atoms with Crippen molar-refractivity contribution in [3.05, 3.63) is 71.5 Å². The number of amides is 2. The van der Waals surface area contributed by atoms with Gasteiger partial charge in [-0.3, -0.25) is 9.59 Å². The van der Waals surface area contributed by atoms with E-state index in [1.807, 2.05) is 0 Å². The molecule has 0 saturated carbocycles. The molecule has 0 radical (unpaired) electrons. The van der Waals surface area contributed by atoms with Crippen LogP contribution >= 0.6 is 0 Å². The van der Waals surface area contributed by atoms with Crippen LogP contribution in [0, 0.1) is 11.7 Å². The van der Waals surface area contributed by atoms with Crippen LogP contribution in [0.25, 0.3) is 0 Å². The number of hydrogen-bond donors (Lipinski definition) is 3. The molecule has 0 aliphatic rings. The first kappa shape index (κ1) is 17.6. The zero-order valence-corrected chi connectivity index (χ0v) is 13.0. The number of carbonyl (C=O) groups excluding carboxylic acids is 2. The fourth-order valence-electron chi connectivity index (χ4n) is 2.29. The lowest BCUT2D eigenvalue weighted by atomic mass is 9.98. The minimum Gasteiger partial charge on any atom is -0.378 e. The SMILES string of the molecule is NC(=O)C(CNC(=O)C(O)c1ccccc1)Cc1ccc(F)cc1. The van der Waals surface area contributed by atoms with Gasteiger partial charge in [0.15, 0.2) is 6.10 Å². The summed E-state index contributed by atoms with van der Waals surface area (Å²) in [4.78, 5) is 23.6. The fourth-order valence-corrected chi connectivity index (χ4v) is 2.29. The van der Waals surface area contributed by atoms with Crippen molar-refractivity contribution < 1.29 is 19.1 Å². The number of carbonyl (C=O) groups is 2. The lowest BCUT2D eigenvalue weighted by Crippen LogP contribution is -2.39. The van der Waals surface area contributed by atoms with Crippen LogP contribution in [-0.2, 0) is 16.0 Å². The number of nitrogens with one attached hydrogen (secondary N) is 1. The van der Waals surface area contributed by atoms with Crippen molar-refractivity contribution >= 4 is 11.8 Å². The summed E-state index contributed by atoms with van der Waals surface area (Å²) in [6.45, 7) is -0.00453. The van der Waals surface area contributed by atoms with Crippen LogP contribution in [-0.4, -0.2) is 23.5 Å². The molecule has 0 aliphatic carbocycles. The Balaban J connectivity index is 1.94. The zero-order valence-electron chi connectivity index (χ0n) is 13.0. The van der Waals surface area contributed by atoms with Crippen molar-refractivity contribution in [2.75, 3.05) is 6.54 Å². The molecule has 6 heteroatoms. The largest absolute Gasteiger partial charge is 0.378 e. The highest BCUT2D eigenvalue weighted by Gasteiger charge is 2.21. The maximum atomic E-state index is 12.9. The van der Waals surface area contributed by atoms with Crippen molar-refractivity contribution in [1.82, 2.24) is 5.32 Å². The van der Waals surface area contributed by atoms with Gasteiger partial charge in [0.2, 0.25) is 5.91 Å². The topological polar surface area (TPSA) is 92.4 Å². The first-order chi connectivity index (χ1) is 11.5. The molecule has 2 aromatic carbocycles. The van der Waals surface area contributed by atoms with Gasteiger partial charge >= 0.3 is 0 Å². The average Bonchev–Trinajstić information content (AvgIpc) is 2.59. The minimum atomic E-state index is -1.31. The van der Waals surface area contributed by atoms with Crippen molar-refractivity contribution in [2.45, 2.75) is 12.5 Å². The predicted molar refractivity (Wildman–Crippen MR) is 87.2 cm³/mol. The maximum Gasteiger partial charge on any atom is 0.253 e. The van der Waals surface area contributed by atoms with Gasteiger partial charge in [-0.15, -0.1) is 0 Å². The van der Waals surface area contributed by atoms with Crippen LogP contribution in [0.5, 0.6) is 0 Å². The van der Waals surface area contributed by atoms with E-state index in [4.69, 9.17) is 5.73 Å². The molecule has 2 atom stereocenters. The summed E-state index contributed by atoms with van der Waals surface area (Å²) >= 11 is 0. The lowest BCUT2D eigenvalue weighted by Gasteiger charge is -2.16. The van der Waals surface area contributed by atoms with E-state index >= 15 is 0 Å². The summed E-state index contributed by atoms with van der Waals surface area (Å²) in [5.41, 5.74) is 6.56. The molecule has 0 aromatic heterocycles. The quantitative estimate of drug-likeness (QED) is 0.715. The van der Waals surface area contributed by atoms with E-state index in [1.165, 1.54) is 12.1 Å². The second-order valence-corrected chi connectivity index (χ2v) is 5.49. The molecule has 5 nitrogen and oxygen atoms in total. The van der Waals surface area contributed by atoms with Crippen LogP contribution < -0.4 is 11.1 Å². The molecule has 2 amide bonds. The summed E-state index contributed by atoms with van der Waals surface area (Å²) in [7, 11) is 0. The Morgan fingerprint density at radius 3 is 2.29 bits per heavy atom. The van der Waals surface area contributed by atoms with Crippen LogP contribution in [0.4, 0.5) is 4.39 Å². The summed E-state index contributed by atoms with van der Waals surface area (Å²) in [6, 6.07) is 14.2. The molecular formula is C18H19FN2O3. The molecular weight excluding hydrogens is 311 g/mol. The Morgan fingerprint density at radius 1 is 1.08 bits per heavy atom. The van der Waals surface area contributed by atoms with Gasteiger partial charge < -0.3 is 16.2 Å². The molecule has 2 unspecified atom stereocenters. The normalized spacial score (nSPS) is 13.1. The van der Waals surface area contributed by atoms with E-state index in [-0.39, 0.29) is 18.8 Å². The highest BCUT2D eigenvalue weighted by atomic mass is 19.1. The Morgan fingerprint density at radius 2 is 1.71 bits per heavy atom. The number of aliphatic hydroxyl groups is 1. The van der Waals surface area contributed by atoms with Gasteiger partial charge in [-0.25, -0.2) is 4.39 Å².